The molecule has 0 aromatic carbocycles. The van der Waals surface area contributed by atoms with E-state index in [1.54, 1.807) is 7.11 Å². The highest BCUT2D eigenvalue weighted by atomic mass is 16.5. The van der Waals surface area contributed by atoms with Crippen molar-refractivity contribution in [1.29, 1.82) is 0 Å². The number of methoxy groups -OCH3 is 1. The SMILES string of the molecule is CCCC(CC)OCCCCc1cc(OC)c2c(n1)NCCC2. The molecule has 130 valence electrons. The summed E-state index contributed by atoms with van der Waals surface area (Å²) >= 11 is 0. The summed E-state index contributed by atoms with van der Waals surface area (Å²) in [5.41, 5.74) is 2.35. The zero-order valence-corrected chi connectivity index (χ0v) is 15.0. The maximum absolute atomic E-state index is 5.95. The summed E-state index contributed by atoms with van der Waals surface area (Å²) in [5, 5.41) is 3.40. The van der Waals surface area contributed by atoms with Gasteiger partial charge in [0.25, 0.3) is 0 Å². The van der Waals surface area contributed by atoms with Crippen molar-refractivity contribution in [1.82, 2.24) is 4.98 Å². The number of ether oxygens (including phenoxy) is 2. The Balaban J connectivity index is 1.79. The van der Waals surface area contributed by atoms with Gasteiger partial charge in [0.15, 0.2) is 0 Å². The molecular formula is C19H32N2O2. The van der Waals surface area contributed by atoms with Crippen molar-refractivity contribution in [2.24, 2.45) is 0 Å². The van der Waals surface area contributed by atoms with Gasteiger partial charge < -0.3 is 14.8 Å². The van der Waals surface area contributed by atoms with Gasteiger partial charge in [-0.1, -0.05) is 20.3 Å². The second-order valence-electron chi connectivity index (χ2n) is 6.32. The van der Waals surface area contributed by atoms with E-state index in [1.165, 1.54) is 18.4 Å². The lowest BCUT2D eigenvalue weighted by atomic mass is 10.0. The summed E-state index contributed by atoms with van der Waals surface area (Å²) in [4.78, 5) is 4.77. The third-order valence-electron chi connectivity index (χ3n) is 4.50. The number of hydrogen-bond donors (Lipinski definition) is 1. The molecule has 0 saturated carbocycles. The Morgan fingerprint density at radius 2 is 2.17 bits per heavy atom. The number of hydrogen-bond acceptors (Lipinski definition) is 4. The van der Waals surface area contributed by atoms with Gasteiger partial charge in [-0.15, -0.1) is 0 Å². The molecule has 0 radical (unpaired) electrons. The van der Waals surface area contributed by atoms with Crippen LogP contribution in [-0.2, 0) is 17.6 Å². The highest BCUT2D eigenvalue weighted by molar-refractivity contribution is 5.54. The van der Waals surface area contributed by atoms with E-state index in [-0.39, 0.29) is 0 Å². The molecule has 1 unspecified atom stereocenters. The summed E-state index contributed by atoms with van der Waals surface area (Å²) in [6.07, 6.45) is 9.32. The van der Waals surface area contributed by atoms with Crippen molar-refractivity contribution in [3.05, 3.63) is 17.3 Å². The normalized spacial score (nSPS) is 14.9. The molecule has 1 N–H and O–H groups in total. The van der Waals surface area contributed by atoms with Crippen LogP contribution in [0.5, 0.6) is 5.75 Å². The Labute approximate surface area is 141 Å². The van der Waals surface area contributed by atoms with Crippen molar-refractivity contribution >= 4 is 5.82 Å². The van der Waals surface area contributed by atoms with Crippen LogP contribution in [0.1, 0.15) is 63.6 Å². The topological polar surface area (TPSA) is 43.4 Å². The van der Waals surface area contributed by atoms with Gasteiger partial charge in [-0.2, -0.15) is 0 Å². The second-order valence-corrected chi connectivity index (χ2v) is 6.32. The Morgan fingerprint density at radius 3 is 2.91 bits per heavy atom. The molecule has 23 heavy (non-hydrogen) atoms. The third kappa shape index (κ3) is 5.38. The summed E-state index contributed by atoms with van der Waals surface area (Å²) < 4.78 is 11.5. The number of unbranched alkanes of at least 4 members (excludes halogenated alkanes) is 1. The summed E-state index contributed by atoms with van der Waals surface area (Å²) in [6, 6.07) is 2.11. The Morgan fingerprint density at radius 1 is 1.30 bits per heavy atom. The lowest BCUT2D eigenvalue weighted by Crippen LogP contribution is -2.15. The maximum Gasteiger partial charge on any atom is 0.133 e. The van der Waals surface area contributed by atoms with Gasteiger partial charge in [0.05, 0.1) is 13.2 Å². The summed E-state index contributed by atoms with van der Waals surface area (Å²) in [5.74, 6) is 2.01. The highest BCUT2D eigenvalue weighted by Crippen LogP contribution is 2.30. The molecular weight excluding hydrogens is 288 g/mol. The first-order valence-electron chi connectivity index (χ1n) is 9.20. The van der Waals surface area contributed by atoms with Crippen LogP contribution < -0.4 is 10.1 Å². The first-order valence-corrected chi connectivity index (χ1v) is 9.20. The Bertz CT molecular complexity index is 459. The maximum atomic E-state index is 5.95. The lowest BCUT2D eigenvalue weighted by molar-refractivity contribution is 0.0422. The first-order chi connectivity index (χ1) is 11.3. The van der Waals surface area contributed by atoms with Crippen LogP contribution in [0.25, 0.3) is 0 Å². The van der Waals surface area contributed by atoms with Gasteiger partial charge in [0.1, 0.15) is 11.6 Å². The van der Waals surface area contributed by atoms with Gasteiger partial charge >= 0.3 is 0 Å². The third-order valence-corrected chi connectivity index (χ3v) is 4.50. The van der Waals surface area contributed by atoms with Crippen LogP contribution in [0, 0.1) is 0 Å². The van der Waals surface area contributed by atoms with Crippen molar-refractivity contribution in [3.63, 3.8) is 0 Å². The molecule has 0 spiro atoms. The molecule has 4 nitrogen and oxygen atoms in total. The minimum absolute atomic E-state index is 0.436. The molecule has 1 atom stereocenters. The van der Waals surface area contributed by atoms with E-state index in [0.717, 1.165) is 68.9 Å². The number of nitrogens with zero attached hydrogens (tertiary/aromatic N) is 1. The second kappa shape index (κ2) is 9.76. The zero-order chi connectivity index (χ0) is 16.5. The molecule has 4 heteroatoms. The molecule has 1 aliphatic heterocycles. The largest absolute Gasteiger partial charge is 0.496 e. The first kappa shape index (κ1) is 18.1. The van der Waals surface area contributed by atoms with Crippen LogP contribution >= 0.6 is 0 Å². The van der Waals surface area contributed by atoms with Crippen LogP contribution in [0.15, 0.2) is 6.07 Å². The van der Waals surface area contributed by atoms with Gasteiger partial charge in [-0.05, 0) is 44.9 Å². The quantitative estimate of drug-likeness (QED) is 0.650. The van der Waals surface area contributed by atoms with Crippen LogP contribution in [-0.4, -0.2) is 31.3 Å². The predicted octanol–water partition coefficient (Wildman–Crippen LogP) is 4.37. The molecule has 0 fully saturated rings. The number of rotatable bonds is 10. The number of nitrogens with one attached hydrogen (secondary N) is 1. The Kier molecular flexibility index (Phi) is 7.66. The number of aromatic nitrogens is 1. The van der Waals surface area contributed by atoms with Gasteiger partial charge in [-0.3, -0.25) is 0 Å². The average molecular weight is 320 g/mol. The van der Waals surface area contributed by atoms with Crippen LogP contribution in [0.4, 0.5) is 5.82 Å². The van der Waals surface area contributed by atoms with Crippen LogP contribution in [0.3, 0.4) is 0 Å². The van der Waals surface area contributed by atoms with E-state index < -0.39 is 0 Å². The molecule has 0 aliphatic carbocycles. The lowest BCUT2D eigenvalue weighted by Gasteiger charge is -2.20. The molecule has 1 aromatic rings. The fourth-order valence-corrected chi connectivity index (χ4v) is 3.15. The van der Waals surface area contributed by atoms with Gasteiger partial charge in [-0.25, -0.2) is 4.98 Å². The summed E-state index contributed by atoms with van der Waals surface area (Å²) in [6.45, 7) is 6.29. The molecule has 1 aromatic heterocycles. The van der Waals surface area contributed by atoms with E-state index >= 15 is 0 Å². The monoisotopic (exact) mass is 320 g/mol. The smallest absolute Gasteiger partial charge is 0.133 e. The molecule has 2 rings (SSSR count). The summed E-state index contributed by atoms with van der Waals surface area (Å²) in [7, 11) is 1.75. The zero-order valence-electron chi connectivity index (χ0n) is 15.0. The standard InChI is InChI=1S/C19H32N2O2/c1-4-9-16(5-2)23-13-7-6-10-15-14-18(22-3)17-11-8-12-20-19(17)21-15/h14,16H,4-13H2,1-3H3,(H,20,21). The minimum Gasteiger partial charge on any atom is -0.496 e. The van der Waals surface area contributed by atoms with E-state index in [4.69, 9.17) is 14.5 Å². The fraction of sp³-hybridized carbons (Fsp3) is 0.737. The van der Waals surface area contributed by atoms with Gasteiger partial charge in [0.2, 0.25) is 0 Å². The van der Waals surface area contributed by atoms with Crippen molar-refractivity contribution in [2.45, 2.75) is 71.3 Å². The fourth-order valence-electron chi connectivity index (χ4n) is 3.15. The minimum atomic E-state index is 0.436. The molecule has 1 aliphatic rings. The predicted molar refractivity (Wildman–Crippen MR) is 95.5 cm³/mol. The molecule has 2 heterocycles. The van der Waals surface area contributed by atoms with E-state index in [2.05, 4.69) is 25.2 Å². The number of aryl methyl sites for hydroxylation is 1. The number of fused-ring (bicyclic) bond motifs is 1. The molecule has 0 bridgehead atoms. The highest BCUT2D eigenvalue weighted by Gasteiger charge is 2.16. The van der Waals surface area contributed by atoms with E-state index in [0.29, 0.717) is 6.10 Å². The van der Waals surface area contributed by atoms with Gasteiger partial charge in [0, 0.05) is 30.5 Å². The van der Waals surface area contributed by atoms with Crippen LogP contribution in [0.2, 0.25) is 0 Å². The number of pyridine rings is 1. The van der Waals surface area contributed by atoms with E-state index in [9.17, 15) is 0 Å². The Hall–Kier alpha value is -1.29. The molecule has 0 amide bonds. The number of anilines is 1. The van der Waals surface area contributed by atoms with Crippen molar-refractivity contribution in [3.8, 4) is 5.75 Å². The molecule has 0 saturated heterocycles. The average Bonchev–Trinajstić information content (AvgIpc) is 2.59. The van der Waals surface area contributed by atoms with Crippen molar-refractivity contribution in [2.75, 3.05) is 25.6 Å². The van der Waals surface area contributed by atoms with E-state index in [1.807, 2.05) is 0 Å². The van der Waals surface area contributed by atoms with Crippen molar-refractivity contribution < 1.29 is 9.47 Å².